The number of piperidine rings is 1. The van der Waals surface area contributed by atoms with Gasteiger partial charge in [-0.25, -0.2) is 26.1 Å². The lowest BCUT2D eigenvalue weighted by molar-refractivity contribution is -0.120. The summed E-state index contributed by atoms with van der Waals surface area (Å²) in [7, 11) is -7.57. The Balaban J connectivity index is 1.39. The zero-order chi connectivity index (χ0) is 25.9. The van der Waals surface area contributed by atoms with Crippen LogP contribution in [0.4, 0.5) is 10.8 Å². The predicted octanol–water partition coefficient (Wildman–Crippen LogP) is 4.43. The maximum atomic E-state index is 13.0. The number of nitrogens with zero attached hydrogens (tertiary/aromatic N) is 2. The van der Waals surface area contributed by atoms with Crippen molar-refractivity contribution in [2.75, 3.05) is 23.1 Å². The van der Waals surface area contributed by atoms with Gasteiger partial charge in [0, 0.05) is 46.0 Å². The van der Waals surface area contributed by atoms with Crippen molar-refractivity contribution in [1.29, 1.82) is 0 Å². The molecule has 1 saturated heterocycles. The summed E-state index contributed by atoms with van der Waals surface area (Å²) in [5.74, 6) is -1.27. The van der Waals surface area contributed by atoms with Crippen LogP contribution in [0.5, 0.6) is 0 Å². The molecule has 1 aromatic heterocycles. The number of rotatable bonds is 8. The molecule has 1 fully saturated rings. The Morgan fingerprint density at radius 3 is 2.42 bits per heavy atom. The van der Waals surface area contributed by atoms with Gasteiger partial charge in [-0.2, -0.15) is 0 Å². The zero-order valence-electron chi connectivity index (χ0n) is 18.7. The molecule has 9 nitrogen and oxygen atoms in total. The summed E-state index contributed by atoms with van der Waals surface area (Å²) in [5.41, 5.74) is 0.725. The lowest BCUT2D eigenvalue weighted by Gasteiger charge is -2.31. The van der Waals surface area contributed by atoms with Crippen LogP contribution in [0.1, 0.15) is 18.4 Å². The van der Waals surface area contributed by atoms with Crippen molar-refractivity contribution in [3.05, 3.63) is 69.7 Å². The molecule has 0 spiro atoms. The molecule has 36 heavy (non-hydrogen) atoms. The first kappa shape index (κ1) is 26.8. The van der Waals surface area contributed by atoms with E-state index in [-0.39, 0.29) is 38.3 Å². The van der Waals surface area contributed by atoms with E-state index in [1.807, 2.05) is 0 Å². The predicted molar refractivity (Wildman–Crippen MR) is 141 cm³/mol. The summed E-state index contributed by atoms with van der Waals surface area (Å²) < 4.78 is 54.7. The van der Waals surface area contributed by atoms with E-state index in [4.69, 9.17) is 23.2 Å². The van der Waals surface area contributed by atoms with E-state index in [0.29, 0.717) is 30.6 Å². The average molecular weight is 590 g/mol. The Kier molecular flexibility index (Phi) is 8.22. The highest BCUT2D eigenvalue weighted by Gasteiger charge is 2.33. The van der Waals surface area contributed by atoms with E-state index >= 15 is 0 Å². The molecule has 14 heteroatoms. The third-order valence-electron chi connectivity index (χ3n) is 5.62. The fourth-order valence-corrected chi connectivity index (χ4v) is 7.91. The van der Waals surface area contributed by atoms with Gasteiger partial charge in [-0.05, 0) is 49.2 Å². The molecular weight excluding hydrogens is 567 g/mol. The summed E-state index contributed by atoms with van der Waals surface area (Å²) >= 11 is 13.4. The van der Waals surface area contributed by atoms with Crippen LogP contribution in [-0.4, -0.2) is 45.1 Å². The highest BCUT2D eigenvalue weighted by atomic mass is 35.5. The molecule has 1 aliphatic rings. The van der Waals surface area contributed by atoms with Gasteiger partial charge < -0.3 is 5.32 Å². The van der Waals surface area contributed by atoms with Crippen LogP contribution in [0, 0.1) is 5.92 Å². The van der Waals surface area contributed by atoms with Gasteiger partial charge >= 0.3 is 0 Å². The van der Waals surface area contributed by atoms with Crippen LogP contribution >= 0.6 is 34.5 Å². The van der Waals surface area contributed by atoms with Crippen LogP contribution in [-0.2, 0) is 30.6 Å². The zero-order valence-corrected chi connectivity index (χ0v) is 22.7. The van der Waals surface area contributed by atoms with Crippen molar-refractivity contribution in [2.24, 2.45) is 5.92 Å². The van der Waals surface area contributed by atoms with Gasteiger partial charge in [-0.15, -0.1) is 11.3 Å². The molecule has 0 saturated carbocycles. The van der Waals surface area contributed by atoms with Crippen LogP contribution in [0.15, 0.2) is 58.9 Å². The quantitative estimate of drug-likeness (QED) is 0.401. The summed E-state index contributed by atoms with van der Waals surface area (Å²) in [6.45, 7) is 0.327. The van der Waals surface area contributed by atoms with Gasteiger partial charge in [0.25, 0.3) is 10.0 Å². The molecule has 0 aliphatic carbocycles. The van der Waals surface area contributed by atoms with Crippen LogP contribution in [0.25, 0.3) is 0 Å². The summed E-state index contributed by atoms with van der Waals surface area (Å²) in [5, 5.41) is 5.19. The molecule has 4 rings (SSSR count). The van der Waals surface area contributed by atoms with Crippen LogP contribution in [0.3, 0.4) is 0 Å². The number of hydrogen-bond acceptors (Lipinski definition) is 7. The van der Waals surface area contributed by atoms with E-state index in [2.05, 4.69) is 15.0 Å². The fraction of sp³-hybridized carbons (Fsp3) is 0.273. The van der Waals surface area contributed by atoms with Crippen molar-refractivity contribution in [3.8, 4) is 0 Å². The molecule has 1 amide bonds. The minimum Gasteiger partial charge on any atom is -0.326 e. The molecule has 0 radical (unpaired) electrons. The molecule has 1 aliphatic heterocycles. The molecule has 0 unspecified atom stereocenters. The Hall–Kier alpha value is -2.22. The second-order valence-corrected chi connectivity index (χ2v) is 13.5. The van der Waals surface area contributed by atoms with E-state index in [0.717, 1.165) is 11.3 Å². The van der Waals surface area contributed by atoms with Gasteiger partial charge in [0.05, 0.1) is 16.6 Å². The third-order valence-corrected chi connectivity index (χ3v) is 10.3. The Morgan fingerprint density at radius 1 is 1.08 bits per heavy atom. The van der Waals surface area contributed by atoms with Crippen LogP contribution < -0.4 is 10.0 Å². The van der Waals surface area contributed by atoms with Gasteiger partial charge in [0.2, 0.25) is 15.9 Å². The Bertz CT molecular complexity index is 1430. The number of halogens is 2. The standard InChI is InChI=1S/C22H22Cl2N4O5S3/c23-19-4-1-5-20(24)18(19)14-35(30,31)28-11-2-3-15(13-28)21(29)26-16-6-8-17(9-7-16)36(32,33)27-22-25-10-12-34-22/h1,4-10,12,15H,2-3,11,13-14H2,(H,25,27)(H,26,29)/t15-/m0/s1. The third kappa shape index (κ3) is 6.36. The number of thiazole rings is 1. The molecule has 1 atom stereocenters. The maximum Gasteiger partial charge on any atom is 0.263 e. The second kappa shape index (κ2) is 11.0. The van der Waals surface area contributed by atoms with Gasteiger partial charge in [0.1, 0.15) is 0 Å². The monoisotopic (exact) mass is 588 g/mol. The number of hydrogen-bond donors (Lipinski definition) is 2. The number of nitrogens with one attached hydrogen (secondary N) is 2. The first-order chi connectivity index (χ1) is 17.0. The highest BCUT2D eigenvalue weighted by Crippen LogP contribution is 2.29. The summed E-state index contributed by atoms with van der Waals surface area (Å²) in [4.78, 5) is 16.8. The average Bonchev–Trinajstić information content (AvgIpc) is 3.34. The van der Waals surface area contributed by atoms with E-state index < -0.39 is 26.0 Å². The smallest absolute Gasteiger partial charge is 0.263 e. The molecular formula is C22H22Cl2N4O5S3. The van der Waals surface area contributed by atoms with Crippen molar-refractivity contribution in [3.63, 3.8) is 0 Å². The summed E-state index contributed by atoms with van der Waals surface area (Å²) in [6, 6.07) is 10.5. The maximum absolute atomic E-state index is 13.0. The van der Waals surface area contributed by atoms with Crippen molar-refractivity contribution < 1.29 is 21.6 Å². The van der Waals surface area contributed by atoms with Crippen LogP contribution in [0.2, 0.25) is 10.0 Å². The largest absolute Gasteiger partial charge is 0.326 e. The Morgan fingerprint density at radius 2 is 1.78 bits per heavy atom. The number of carbonyl (C=O) groups is 1. The fourth-order valence-electron chi connectivity index (χ4n) is 3.76. The number of anilines is 2. The molecule has 0 bridgehead atoms. The lowest BCUT2D eigenvalue weighted by Crippen LogP contribution is -2.44. The first-order valence-electron chi connectivity index (χ1n) is 10.8. The number of sulfonamides is 2. The van der Waals surface area contributed by atoms with Crippen molar-refractivity contribution in [1.82, 2.24) is 9.29 Å². The topological polar surface area (TPSA) is 126 Å². The minimum absolute atomic E-state index is 0.0175. The minimum atomic E-state index is -3.81. The highest BCUT2D eigenvalue weighted by molar-refractivity contribution is 7.93. The van der Waals surface area contributed by atoms with E-state index in [9.17, 15) is 21.6 Å². The number of benzene rings is 2. The lowest BCUT2D eigenvalue weighted by atomic mass is 9.99. The number of aromatic nitrogens is 1. The van der Waals surface area contributed by atoms with Crippen molar-refractivity contribution >= 4 is 71.3 Å². The molecule has 2 heterocycles. The molecule has 3 aromatic rings. The SMILES string of the molecule is O=C(Nc1ccc(S(=O)(=O)Nc2nccs2)cc1)[C@H]1CCCN(S(=O)(=O)Cc2c(Cl)cccc2Cl)C1. The van der Waals surface area contributed by atoms with E-state index in [1.54, 1.807) is 23.6 Å². The molecule has 192 valence electrons. The van der Waals surface area contributed by atoms with Gasteiger partial charge in [-0.1, -0.05) is 29.3 Å². The first-order valence-corrected chi connectivity index (χ1v) is 15.5. The van der Waals surface area contributed by atoms with Gasteiger partial charge in [0.15, 0.2) is 5.13 Å². The summed E-state index contributed by atoms with van der Waals surface area (Å²) in [6.07, 6.45) is 2.53. The normalized spacial score (nSPS) is 17.0. The van der Waals surface area contributed by atoms with Gasteiger partial charge in [-0.3, -0.25) is 9.52 Å². The second-order valence-electron chi connectivity index (χ2n) is 8.11. The number of carbonyl (C=O) groups excluding carboxylic acids is 1. The Labute approximate surface area is 223 Å². The van der Waals surface area contributed by atoms with E-state index in [1.165, 1.54) is 34.8 Å². The number of amides is 1. The molecule has 2 aromatic carbocycles. The molecule has 2 N–H and O–H groups in total. The van der Waals surface area contributed by atoms with Crippen molar-refractivity contribution in [2.45, 2.75) is 23.5 Å².